The van der Waals surface area contributed by atoms with Gasteiger partial charge in [0.25, 0.3) is 0 Å². The lowest BCUT2D eigenvalue weighted by atomic mass is 9.82. The SMILES string of the molecule is CCC(NC(=O)C1(CC)CCNC1)C(C)C. The summed E-state index contributed by atoms with van der Waals surface area (Å²) in [6, 6.07) is 0.316. The molecule has 1 rings (SSSR count). The first-order valence-electron chi connectivity index (χ1n) is 6.57. The van der Waals surface area contributed by atoms with Crippen molar-refractivity contribution >= 4 is 5.91 Å². The first-order chi connectivity index (χ1) is 7.55. The number of hydrogen-bond donors (Lipinski definition) is 2. The molecule has 3 heteroatoms. The molecule has 0 radical (unpaired) electrons. The van der Waals surface area contributed by atoms with Crippen molar-refractivity contribution in [2.24, 2.45) is 11.3 Å². The molecule has 1 aliphatic rings. The molecule has 1 fully saturated rings. The molecule has 1 aliphatic heterocycles. The average molecular weight is 226 g/mol. The molecule has 1 saturated heterocycles. The Hall–Kier alpha value is -0.570. The number of carbonyl (C=O) groups excluding carboxylic acids is 1. The zero-order chi connectivity index (χ0) is 12.2. The Kier molecular flexibility index (Phi) is 4.78. The van der Waals surface area contributed by atoms with Crippen LogP contribution in [0.25, 0.3) is 0 Å². The molecule has 0 aromatic rings. The average Bonchev–Trinajstić information content (AvgIpc) is 2.74. The van der Waals surface area contributed by atoms with E-state index in [4.69, 9.17) is 0 Å². The second-order valence-electron chi connectivity index (χ2n) is 5.29. The first-order valence-corrected chi connectivity index (χ1v) is 6.57. The fraction of sp³-hybridized carbons (Fsp3) is 0.923. The van der Waals surface area contributed by atoms with Crippen LogP contribution >= 0.6 is 0 Å². The quantitative estimate of drug-likeness (QED) is 0.752. The van der Waals surface area contributed by atoms with Crippen molar-refractivity contribution < 1.29 is 4.79 Å². The molecule has 0 aromatic carbocycles. The molecule has 1 amide bonds. The zero-order valence-corrected chi connectivity index (χ0v) is 11.1. The van der Waals surface area contributed by atoms with E-state index in [1.165, 1.54) is 0 Å². The van der Waals surface area contributed by atoms with Gasteiger partial charge in [-0.25, -0.2) is 0 Å². The van der Waals surface area contributed by atoms with Gasteiger partial charge in [0.2, 0.25) is 5.91 Å². The Balaban J connectivity index is 2.62. The Bertz CT molecular complexity index is 232. The fourth-order valence-corrected chi connectivity index (χ4v) is 2.46. The van der Waals surface area contributed by atoms with Gasteiger partial charge in [-0.05, 0) is 31.7 Å². The lowest BCUT2D eigenvalue weighted by molar-refractivity contribution is -0.131. The molecular weight excluding hydrogens is 200 g/mol. The van der Waals surface area contributed by atoms with Crippen molar-refractivity contribution in [1.82, 2.24) is 10.6 Å². The summed E-state index contributed by atoms with van der Waals surface area (Å²) >= 11 is 0. The number of hydrogen-bond acceptors (Lipinski definition) is 2. The zero-order valence-electron chi connectivity index (χ0n) is 11.1. The van der Waals surface area contributed by atoms with E-state index >= 15 is 0 Å². The Morgan fingerprint density at radius 3 is 2.50 bits per heavy atom. The summed E-state index contributed by atoms with van der Waals surface area (Å²) in [7, 11) is 0. The summed E-state index contributed by atoms with van der Waals surface area (Å²) in [5.41, 5.74) is -0.150. The van der Waals surface area contributed by atoms with Gasteiger partial charge in [-0.2, -0.15) is 0 Å². The van der Waals surface area contributed by atoms with Gasteiger partial charge in [-0.3, -0.25) is 4.79 Å². The van der Waals surface area contributed by atoms with Gasteiger partial charge in [-0.15, -0.1) is 0 Å². The fourth-order valence-electron chi connectivity index (χ4n) is 2.46. The molecule has 16 heavy (non-hydrogen) atoms. The second-order valence-corrected chi connectivity index (χ2v) is 5.29. The van der Waals surface area contributed by atoms with E-state index < -0.39 is 0 Å². The van der Waals surface area contributed by atoms with Crippen molar-refractivity contribution in [3.8, 4) is 0 Å². The normalized spacial score (nSPS) is 27.1. The van der Waals surface area contributed by atoms with Gasteiger partial charge >= 0.3 is 0 Å². The Morgan fingerprint density at radius 2 is 2.12 bits per heavy atom. The summed E-state index contributed by atoms with van der Waals surface area (Å²) in [6.07, 6.45) is 2.92. The lowest BCUT2D eigenvalue weighted by Crippen LogP contribution is -2.48. The maximum atomic E-state index is 12.3. The Morgan fingerprint density at radius 1 is 1.44 bits per heavy atom. The molecule has 1 heterocycles. The summed E-state index contributed by atoms with van der Waals surface area (Å²) < 4.78 is 0. The van der Waals surface area contributed by atoms with Crippen molar-refractivity contribution in [1.29, 1.82) is 0 Å². The van der Waals surface area contributed by atoms with E-state index in [0.29, 0.717) is 12.0 Å². The van der Waals surface area contributed by atoms with Gasteiger partial charge in [0.05, 0.1) is 5.41 Å². The van der Waals surface area contributed by atoms with Crippen LogP contribution in [0, 0.1) is 11.3 Å². The number of nitrogens with one attached hydrogen (secondary N) is 2. The number of rotatable bonds is 5. The van der Waals surface area contributed by atoms with E-state index in [1.54, 1.807) is 0 Å². The van der Waals surface area contributed by atoms with Crippen molar-refractivity contribution in [2.75, 3.05) is 13.1 Å². The molecular formula is C13H26N2O. The van der Waals surface area contributed by atoms with Crippen LogP contribution in [-0.2, 0) is 4.79 Å². The van der Waals surface area contributed by atoms with Crippen LogP contribution in [0.1, 0.15) is 47.0 Å². The maximum Gasteiger partial charge on any atom is 0.227 e. The summed E-state index contributed by atoms with van der Waals surface area (Å²) in [5.74, 6) is 0.762. The van der Waals surface area contributed by atoms with Gasteiger partial charge in [0.1, 0.15) is 0 Å². The highest BCUT2D eigenvalue weighted by atomic mass is 16.2. The van der Waals surface area contributed by atoms with Crippen LogP contribution in [0.5, 0.6) is 0 Å². The van der Waals surface area contributed by atoms with Gasteiger partial charge in [-0.1, -0.05) is 27.7 Å². The highest BCUT2D eigenvalue weighted by Crippen LogP contribution is 2.30. The molecule has 0 saturated carbocycles. The highest BCUT2D eigenvalue weighted by molar-refractivity contribution is 5.83. The van der Waals surface area contributed by atoms with Gasteiger partial charge < -0.3 is 10.6 Å². The molecule has 0 bridgehead atoms. The van der Waals surface area contributed by atoms with Crippen molar-refractivity contribution in [3.63, 3.8) is 0 Å². The van der Waals surface area contributed by atoms with Crippen LogP contribution in [0.4, 0.5) is 0 Å². The Labute approximate surface area is 99.4 Å². The minimum atomic E-state index is -0.150. The summed E-state index contributed by atoms with van der Waals surface area (Å²) in [6.45, 7) is 10.4. The van der Waals surface area contributed by atoms with Crippen LogP contribution in [0.15, 0.2) is 0 Å². The standard InChI is InChI=1S/C13H26N2O/c1-5-11(10(3)4)15-12(16)13(6-2)7-8-14-9-13/h10-11,14H,5-9H2,1-4H3,(H,15,16). The largest absolute Gasteiger partial charge is 0.353 e. The molecule has 0 spiro atoms. The van der Waals surface area contributed by atoms with Crippen molar-refractivity contribution in [2.45, 2.75) is 53.0 Å². The third-order valence-corrected chi connectivity index (χ3v) is 3.96. The predicted molar refractivity (Wildman–Crippen MR) is 67.3 cm³/mol. The van der Waals surface area contributed by atoms with Crippen LogP contribution in [0.3, 0.4) is 0 Å². The number of amides is 1. The third kappa shape index (κ3) is 2.76. The van der Waals surface area contributed by atoms with Crippen molar-refractivity contribution in [3.05, 3.63) is 0 Å². The monoisotopic (exact) mass is 226 g/mol. The highest BCUT2D eigenvalue weighted by Gasteiger charge is 2.40. The molecule has 0 aliphatic carbocycles. The topological polar surface area (TPSA) is 41.1 Å². The maximum absolute atomic E-state index is 12.3. The smallest absolute Gasteiger partial charge is 0.227 e. The van der Waals surface area contributed by atoms with Crippen LogP contribution in [-0.4, -0.2) is 25.0 Å². The second kappa shape index (κ2) is 5.67. The predicted octanol–water partition coefficient (Wildman–Crippen LogP) is 1.93. The lowest BCUT2D eigenvalue weighted by Gasteiger charge is -2.30. The summed E-state index contributed by atoms with van der Waals surface area (Å²) in [4.78, 5) is 12.3. The molecule has 2 atom stereocenters. The van der Waals surface area contributed by atoms with Crippen LogP contribution in [0.2, 0.25) is 0 Å². The summed E-state index contributed by atoms with van der Waals surface area (Å²) in [5, 5.41) is 6.53. The number of carbonyl (C=O) groups is 1. The van der Waals surface area contributed by atoms with E-state index in [0.717, 1.165) is 32.4 Å². The van der Waals surface area contributed by atoms with E-state index in [2.05, 4.69) is 38.3 Å². The molecule has 2 unspecified atom stereocenters. The third-order valence-electron chi connectivity index (χ3n) is 3.96. The molecule has 3 nitrogen and oxygen atoms in total. The van der Waals surface area contributed by atoms with Gasteiger partial charge in [0, 0.05) is 12.6 Å². The van der Waals surface area contributed by atoms with E-state index in [1.807, 2.05) is 0 Å². The molecule has 0 aromatic heterocycles. The molecule has 2 N–H and O–H groups in total. The van der Waals surface area contributed by atoms with E-state index in [-0.39, 0.29) is 11.3 Å². The molecule has 94 valence electrons. The minimum Gasteiger partial charge on any atom is -0.353 e. The first kappa shape index (κ1) is 13.5. The van der Waals surface area contributed by atoms with Crippen LogP contribution < -0.4 is 10.6 Å². The van der Waals surface area contributed by atoms with Gasteiger partial charge in [0.15, 0.2) is 0 Å². The van der Waals surface area contributed by atoms with E-state index in [9.17, 15) is 4.79 Å². The minimum absolute atomic E-state index is 0.150.